The molecule has 0 saturated heterocycles. The van der Waals surface area contributed by atoms with Crippen molar-refractivity contribution in [2.45, 2.75) is 32.2 Å². The molecular weight excluding hydrogens is 460 g/mol. The highest BCUT2D eigenvalue weighted by Gasteiger charge is 2.35. The Hall–Kier alpha value is -3.26. The molecule has 0 radical (unpaired) electrons. The summed E-state index contributed by atoms with van der Waals surface area (Å²) in [4.78, 5) is 23.9. The molecule has 3 aromatic rings. The van der Waals surface area contributed by atoms with Crippen molar-refractivity contribution in [1.29, 1.82) is 0 Å². The number of halogens is 1. The van der Waals surface area contributed by atoms with Crippen LogP contribution in [0.2, 0.25) is 0 Å². The third kappa shape index (κ3) is 4.59. The minimum absolute atomic E-state index is 0.104. The summed E-state index contributed by atoms with van der Waals surface area (Å²) in [7, 11) is 0. The molecule has 1 atom stereocenters. The summed E-state index contributed by atoms with van der Waals surface area (Å²) in [6, 6.07) is 17.2. The van der Waals surface area contributed by atoms with Gasteiger partial charge in [-0.2, -0.15) is 10.2 Å². The number of carbonyl (C=O) groups excluding carboxylic acids is 1. The number of aromatic nitrogens is 2. The second-order valence-electron chi connectivity index (χ2n) is 7.36. The van der Waals surface area contributed by atoms with Crippen molar-refractivity contribution >= 4 is 33.5 Å². The SMILES string of the molecule is Cc1nn(-c2ccccc2)cc1[C@H]1CC(c2cccc(Br)c2)=NN1C(=O)CCC(=O)O. The molecule has 0 fully saturated rings. The van der Waals surface area contributed by atoms with Crippen LogP contribution in [0, 0.1) is 6.92 Å². The Morgan fingerprint density at radius 3 is 2.61 bits per heavy atom. The Bertz CT molecular complexity index is 1160. The monoisotopic (exact) mass is 480 g/mol. The Labute approximate surface area is 188 Å². The van der Waals surface area contributed by atoms with Gasteiger partial charge in [0, 0.05) is 29.1 Å². The molecule has 0 saturated carbocycles. The quantitative estimate of drug-likeness (QED) is 0.562. The van der Waals surface area contributed by atoms with E-state index in [-0.39, 0.29) is 24.8 Å². The van der Waals surface area contributed by atoms with Gasteiger partial charge in [-0.3, -0.25) is 9.59 Å². The van der Waals surface area contributed by atoms with Gasteiger partial charge in [-0.15, -0.1) is 0 Å². The van der Waals surface area contributed by atoms with Gasteiger partial charge < -0.3 is 5.11 Å². The molecule has 7 nitrogen and oxygen atoms in total. The number of para-hydroxylation sites is 1. The summed E-state index contributed by atoms with van der Waals surface area (Å²) in [6.07, 6.45) is 2.11. The van der Waals surface area contributed by atoms with Gasteiger partial charge in [-0.1, -0.05) is 46.3 Å². The number of nitrogens with zero attached hydrogens (tertiary/aromatic N) is 4. The number of hydrazone groups is 1. The third-order valence-electron chi connectivity index (χ3n) is 5.19. The Morgan fingerprint density at radius 2 is 1.90 bits per heavy atom. The van der Waals surface area contributed by atoms with E-state index in [4.69, 9.17) is 5.11 Å². The van der Waals surface area contributed by atoms with E-state index in [9.17, 15) is 9.59 Å². The lowest BCUT2D eigenvalue weighted by molar-refractivity contribution is -0.141. The molecular formula is C23H21BrN4O3. The molecule has 4 rings (SSSR count). The normalized spacial score (nSPS) is 15.7. The van der Waals surface area contributed by atoms with Crippen LogP contribution >= 0.6 is 15.9 Å². The molecule has 0 unspecified atom stereocenters. The van der Waals surface area contributed by atoms with Crippen LogP contribution in [0.4, 0.5) is 0 Å². The average molecular weight is 481 g/mol. The van der Waals surface area contributed by atoms with Crippen molar-refractivity contribution in [1.82, 2.24) is 14.8 Å². The lowest BCUT2D eigenvalue weighted by atomic mass is 9.99. The maximum absolute atomic E-state index is 12.9. The molecule has 31 heavy (non-hydrogen) atoms. The fourth-order valence-electron chi connectivity index (χ4n) is 3.67. The molecule has 8 heteroatoms. The molecule has 1 amide bonds. The number of carboxylic acid groups (broad SMARTS) is 1. The van der Waals surface area contributed by atoms with Gasteiger partial charge in [0.1, 0.15) is 0 Å². The molecule has 1 aliphatic heterocycles. The van der Waals surface area contributed by atoms with Crippen LogP contribution in [-0.2, 0) is 9.59 Å². The minimum atomic E-state index is -1.01. The van der Waals surface area contributed by atoms with Crippen molar-refractivity contribution in [3.63, 3.8) is 0 Å². The van der Waals surface area contributed by atoms with Crippen molar-refractivity contribution < 1.29 is 14.7 Å². The maximum Gasteiger partial charge on any atom is 0.303 e. The lowest BCUT2D eigenvalue weighted by Gasteiger charge is -2.21. The largest absolute Gasteiger partial charge is 0.481 e. The zero-order valence-corrected chi connectivity index (χ0v) is 18.5. The van der Waals surface area contributed by atoms with E-state index in [1.165, 1.54) is 5.01 Å². The number of hydrogen-bond donors (Lipinski definition) is 1. The Balaban J connectivity index is 1.69. The van der Waals surface area contributed by atoms with Crippen molar-refractivity contribution in [3.8, 4) is 5.69 Å². The Morgan fingerprint density at radius 1 is 1.13 bits per heavy atom. The van der Waals surface area contributed by atoms with Crippen LogP contribution < -0.4 is 0 Å². The van der Waals surface area contributed by atoms with Gasteiger partial charge in [0.25, 0.3) is 0 Å². The number of carboxylic acids is 1. The van der Waals surface area contributed by atoms with E-state index >= 15 is 0 Å². The molecule has 1 aromatic heterocycles. The fraction of sp³-hybridized carbons (Fsp3) is 0.217. The van der Waals surface area contributed by atoms with Gasteiger partial charge in [0.15, 0.2) is 0 Å². The molecule has 158 valence electrons. The smallest absolute Gasteiger partial charge is 0.303 e. The van der Waals surface area contributed by atoms with E-state index in [0.29, 0.717) is 6.42 Å². The first kappa shape index (κ1) is 21.0. The highest BCUT2D eigenvalue weighted by molar-refractivity contribution is 9.10. The predicted octanol–water partition coefficient (Wildman–Crippen LogP) is 4.49. The second-order valence-corrected chi connectivity index (χ2v) is 8.27. The highest BCUT2D eigenvalue weighted by atomic mass is 79.9. The first-order valence-corrected chi connectivity index (χ1v) is 10.7. The van der Waals surface area contributed by atoms with Gasteiger partial charge >= 0.3 is 5.97 Å². The van der Waals surface area contributed by atoms with E-state index in [1.807, 2.05) is 67.7 Å². The standard InChI is InChI=1S/C23H21BrN4O3/c1-15-19(14-27(25-15)18-8-3-2-4-9-18)21-13-20(16-6-5-7-17(24)12-16)26-28(21)22(29)10-11-23(30)31/h2-9,12,14,21H,10-11,13H2,1H3,(H,30,31)/t21-/m1/s1. The van der Waals surface area contributed by atoms with Crippen LogP contribution in [0.1, 0.15) is 42.1 Å². The predicted molar refractivity (Wildman–Crippen MR) is 120 cm³/mol. The number of aryl methyl sites for hydroxylation is 1. The molecule has 2 heterocycles. The summed E-state index contributed by atoms with van der Waals surface area (Å²) in [5, 5.41) is 19.7. The molecule has 2 aromatic carbocycles. The summed E-state index contributed by atoms with van der Waals surface area (Å²) in [6.45, 7) is 1.91. The van der Waals surface area contributed by atoms with Crippen LogP contribution in [0.3, 0.4) is 0 Å². The van der Waals surface area contributed by atoms with E-state index < -0.39 is 5.97 Å². The molecule has 0 spiro atoms. The first-order valence-electron chi connectivity index (χ1n) is 9.91. The van der Waals surface area contributed by atoms with Gasteiger partial charge in [-0.25, -0.2) is 9.69 Å². The minimum Gasteiger partial charge on any atom is -0.481 e. The van der Waals surface area contributed by atoms with E-state index in [2.05, 4.69) is 26.1 Å². The summed E-state index contributed by atoms with van der Waals surface area (Å²) in [5.41, 5.74) is 4.31. The van der Waals surface area contributed by atoms with E-state index in [0.717, 1.165) is 32.7 Å². The number of amides is 1. The zero-order chi connectivity index (χ0) is 22.0. The molecule has 0 bridgehead atoms. The van der Waals surface area contributed by atoms with Gasteiger partial charge in [0.05, 0.1) is 29.6 Å². The van der Waals surface area contributed by atoms with E-state index in [1.54, 1.807) is 4.68 Å². The molecule has 1 aliphatic rings. The highest BCUT2D eigenvalue weighted by Crippen LogP contribution is 2.35. The summed E-state index contributed by atoms with van der Waals surface area (Å²) < 4.78 is 2.72. The van der Waals surface area contributed by atoms with Crippen LogP contribution in [0.5, 0.6) is 0 Å². The lowest BCUT2D eigenvalue weighted by Crippen LogP contribution is -2.27. The molecule has 1 N–H and O–H groups in total. The van der Waals surface area contributed by atoms with Crippen LogP contribution in [-0.4, -0.2) is 37.5 Å². The number of rotatable bonds is 6. The average Bonchev–Trinajstić information content (AvgIpc) is 3.36. The number of hydrogen-bond acceptors (Lipinski definition) is 4. The van der Waals surface area contributed by atoms with Gasteiger partial charge in [0.2, 0.25) is 5.91 Å². The van der Waals surface area contributed by atoms with Crippen molar-refractivity contribution in [2.75, 3.05) is 0 Å². The van der Waals surface area contributed by atoms with Gasteiger partial charge in [-0.05, 0) is 36.8 Å². The Kier molecular flexibility index (Phi) is 5.99. The summed E-state index contributed by atoms with van der Waals surface area (Å²) >= 11 is 3.48. The van der Waals surface area contributed by atoms with Crippen LogP contribution in [0.25, 0.3) is 5.69 Å². The second kappa shape index (κ2) is 8.85. The summed E-state index contributed by atoms with van der Waals surface area (Å²) in [5.74, 6) is -1.32. The van der Waals surface area contributed by atoms with Crippen LogP contribution in [0.15, 0.2) is 70.4 Å². The number of benzene rings is 2. The first-order chi connectivity index (χ1) is 14.9. The van der Waals surface area contributed by atoms with Crippen molar-refractivity contribution in [2.24, 2.45) is 5.10 Å². The van der Waals surface area contributed by atoms with Crippen molar-refractivity contribution in [3.05, 3.63) is 82.1 Å². The zero-order valence-electron chi connectivity index (χ0n) is 16.9. The third-order valence-corrected chi connectivity index (χ3v) is 5.69. The molecule has 0 aliphatic carbocycles. The fourth-order valence-corrected chi connectivity index (χ4v) is 4.07. The topological polar surface area (TPSA) is 87.8 Å². The number of aliphatic carboxylic acids is 1. The number of carbonyl (C=O) groups is 2. The maximum atomic E-state index is 12.9.